The molecule has 0 bridgehead atoms. The average Bonchev–Trinajstić information content (AvgIpc) is 3.28. The Morgan fingerprint density at radius 2 is 0.619 bits per heavy atom. The first kappa shape index (κ1) is 60.6. The van der Waals surface area contributed by atoms with Gasteiger partial charge in [0.2, 0.25) is 0 Å². The summed E-state index contributed by atoms with van der Waals surface area (Å²) in [6.07, 6.45) is 61.4. The Balaban J connectivity index is 4.26. The van der Waals surface area contributed by atoms with Crippen molar-refractivity contribution in [2.45, 2.75) is 297 Å². The van der Waals surface area contributed by atoms with Gasteiger partial charge in [0.05, 0.1) is 0 Å². The van der Waals surface area contributed by atoms with Crippen molar-refractivity contribution in [1.82, 2.24) is 0 Å². The lowest BCUT2D eigenvalue weighted by Gasteiger charge is -2.18. The number of ether oxygens (including phenoxy) is 3. The highest BCUT2D eigenvalue weighted by Gasteiger charge is 2.19. The second-order valence-corrected chi connectivity index (χ2v) is 18.5. The van der Waals surface area contributed by atoms with Gasteiger partial charge >= 0.3 is 17.9 Å². The highest BCUT2D eigenvalue weighted by Crippen LogP contribution is 2.17. The number of esters is 3. The van der Waals surface area contributed by atoms with Crippen LogP contribution in [0.15, 0.2) is 36.5 Å². The third kappa shape index (κ3) is 50.5. The number of rotatable bonds is 50. The van der Waals surface area contributed by atoms with Crippen molar-refractivity contribution in [3.05, 3.63) is 36.5 Å². The van der Waals surface area contributed by atoms with Crippen molar-refractivity contribution >= 4 is 17.9 Å². The van der Waals surface area contributed by atoms with Crippen LogP contribution in [0.2, 0.25) is 0 Å². The first-order valence-corrected chi connectivity index (χ1v) is 27.5. The van der Waals surface area contributed by atoms with Gasteiger partial charge in [-0.05, 0) is 51.4 Å². The van der Waals surface area contributed by atoms with Gasteiger partial charge in [0.25, 0.3) is 0 Å². The smallest absolute Gasteiger partial charge is 0.306 e. The largest absolute Gasteiger partial charge is 0.462 e. The van der Waals surface area contributed by atoms with E-state index in [9.17, 15) is 14.4 Å². The van der Waals surface area contributed by atoms with Gasteiger partial charge in [-0.25, -0.2) is 0 Å². The Morgan fingerprint density at radius 3 is 0.968 bits per heavy atom. The zero-order chi connectivity index (χ0) is 45.8. The van der Waals surface area contributed by atoms with Gasteiger partial charge in [0.1, 0.15) is 13.2 Å². The summed E-state index contributed by atoms with van der Waals surface area (Å²) < 4.78 is 16.8. The SMILES string of the molecule is CC/C=C\C/C=C\C/C=C\CCCCCCCCCC(=O)OC(COC(=O)CCCCCCCCCCC)COC(=O)CCCCCCCCCCCCCCCCCCCCC. The third-order valence-corrected chi connectivity index (χ3v) is 12.2. The predicted octanol–water partition coefficient (Wildman–Crippen LogP) is 18.1. The van der Waals surface area contributed by atoms with Crippen molar-refractivity contribution in [3.8, 4) is 0 Å². The maximum atomic E-state index is 12.8. The van der Waals surface area contributed by atoms with E-state index in [0.717, 1.165) is 83.5 Å². The molecular weight excluding hydrogens is 781 g/mol. The van der Waals surface area contributed by atoms with E-state index in [4.69, 9.17) is 14.2 Å². The first-order valence-electron chi connectivity index (χ1n) is 27.5. The summed E-state index contributed by atoms with van der Waals surface area (Å²) in [5, 5.41) is 0. The first-order chi connectivity index (χ1) is 31.0. The number of hydrogen-bond acceptors (Lipinski definition) is 6. The molecule has 1 atom stereocenters. The van der Waals surface area contributed by atoms with Gasteiger partial charge in [-0.3, -0.25) is 14.4 Å². The van der Waals surface area contributed by atoms with Gasteiger partial charge in [-0.1, -0.05) is 256 Å². The molecule has 0 fully saturated rings. The van der Waals surface area contributed by atoms with Crippen molar-refractivity contribution in [3.63, 3.8) is 0 Å². The summed E-state index contributed by atoms with van der Waals surface area (Å²) in [7, 11) is 0. The van der Waals surface area contributed by atoms with E-state index in [1.54, 1.807) is 0 Å². The Labute approximate surface area is 391 Å². The lowest BCUT2D eigenvalue weighted by Crippen LogP contribution is -2.30. The molecule has 0 aromatic carbocycles. The molecular formula is C57H104O6. The number of carbonyl (C=O) groups is 3. The van der Waals surface area contributed by atoms with Crippen LogP contribution >= 0.6 is 0 Å². The molecule has 368 valence electrons. The van der Waals surface area contributed by atoms with E-state index in [1.807, 2.05) is 0 Å². The predicted molar refractivity (Wildman–Crippen MR) is 270 cm³/mol. The van der Waals surface area contributed by atoms with Crippen LogP contribution in [0.1, 0.15) is 290 Å². The normalized spacial score (nSPS) is 12.2. The van der Waals surface area contributed by atoms with Crippen molar-refractivity contribution < 1.29 is 28.6 Å². The van der Waals surface area contributed by atoms with Gasteiger partial charge in [-0.15, -0.1) is 0 Å². The third-order valence-electron chi connectivity index (χ3n) is 12.2. The minimum absolute atomic E-state index is 0.0719. The molecule has 0 aliphatic rings. The molecule has 0 spiro atoms. The van der Waals surface area contributed by atoms with Crippen molar-refractivity contribution in [2.24, 2.45) is 0 Å². The van der Waals surface area contributed by atoms with E-state index in [0.29, 0.717) is 19.3 Å². The van der Waals surface area contributed by atoms with Crippen LogP contribution in [0.4, 0.5) is 0 Å². The minimum atomic E-state index is -0.772. The number of hydrogen-bond donors (Lipinski definition) is 0. The maximum Gasteiger partial charge on any atom is 0.306 e. The van der Waals surface area contributed by atoms with E-state index in [2.05, 4.69) is 57.2 Å². The Hall–Kier alpha value is -2.37. The van der Waals surface area contributed by atoms with E-state index in [1.165, 1.54) is 167 Å². The zero-order valence-electron chi connectivity index (χ0n) is 42.1. The van der Waals surface area contributed by atoms with Crippen LogP contribution in [0.5, 0.6) is 0 Å². The average molecular weight is 885 g/mol. The summed E-state index contributed by atoms with van der Waals surface area (Å²) >= 11 is 0. The summed E-state index contributed by atoms with van der Waals surface area (Å²) in [5.41, 5.74) is 0. The molecule has 0 aromatic heterocycles. The Morgan fingerprint density at radius 1 is 0.333 bits per heavy atom. The standard InChI is InChI=1S/C57H104O6/c1-4-7-10-13-16-19-21-23-25-27-28-30-31-33-35-38-41-44-47-50-56(59)62-53-54(52-61-55(58)49-46-43-40-37-18-15-12-9-6-3)63-57(60)51-48-45-42-39-36-34-32-29-26-24-22-20-17-14-11-8-5-2/h8,11,17,20,24,26,54H,4-7,9-10,12-16,18-19,21-23,25,27-53H2,1-3H3/b11-8-,20-17-,26-24-. The van der Waals surface area contributed by atoms with Crippen LogP contribution in [0, 0.1) is 0 Å². The fraction of sp³-hybridized carbons (Fsp3) is 0.842. The minimum Gasteiger partial charge on any atom is -0.462 e. The topological polar surface area (TPSA) is 78.9 Å². The second kappa shape index (κ2) is 52.3. The molecule has 0 aliphatic heterocycles. The summed E-state index contributed by atoms with van der Waals surface area (Å²) in [5.74, 6) is -0.870. The molecule has 0 aliphatic carbocycles. The molecule has 63 heavy (non-hydrogen) atoms. The zero-order valence-corrected chi connectivity index (χ0v) is 42.1. The quantitative estimate of drug-likeness (QED) is 0.0262. The van der Waals surface area contributed by atoms with Gasteiger partial charge < -0.3 is 14.2 Å². The highest BCUT2D eigenvalue weighted by atomic mass is 16.6. The van der Waals surface area contributed by atoms with Crippen molar-refractivity contribution in [2.75, 3.05) is 13.2 Å². The number of allylic oxidation sites excluding steroid dienone is 6. The molecule has 0 saturated carbocycles. The lowest BCUT2D eigenvalue weighted by atomic mass is 10.0. The van der Waals surface area contributed by atoms with Crippen LogP contribution in [0.25, 0.3) is 0 Å². The van der Waals surface area contributed by atoms with Gasteiger partial charge in [0.15, 0.2) is 6.10 Å². The molecule has 0 saturated heterocycles. The van der Waals surface area contributed by atoms with Crippen LogP contribution < -0.4 is 0 Å². The molecule has 0 radical (unpaired) electrons. The molecule has 6 nitrogen and oxygen atoms in total. The summed E-state index contributed by atoms with van der Waals surface area (Å²) in [6, 6.07) is 0. The van der Waals surface area contributed by atoms with Gasteiger partial charge in [-0.2, -0.15) is 0 Å². The fourth-order valence-electron chi connectivity index (χ4n) is 8.05. The van der Waals surface area contributed by atoms with E-state index >= 15 is 0 Å². The highest BCUT2D eigenvalue weighted by molar-refractivity contribution is 5.71. The number of unbranched alkanes of at least 4 members (excludes halogenated alkanes) is 33. The van der Waals surface area contributed by atoms with Gasteiger partial charge in [0, 0.05) is 19.3 Å². The Bertz CT molecular complexity index is 1060. The summed E-state index contributed by atoms with van der Waals surface area (Å²) in [6.45, 7) is 6.54. The fourth-order valence-corrected chi connectivity index (χ4v) is 8.05. The molecule has 0 N–H and O–H groups in total. The summed E-state index contributed by atoms with van der Waals surface area (Å²) in [4.78, 5) is 38.0. The monoisotopic (exact) mass is 885 g/mol. The maximum absolute atomic E-state index is 12.8. The Kier molecular flexibility index (Phi) is 50.3. The molecule has 0 rings (SSSR count). The second-order valence-electron chi connectivity index (χ2n) is 18.5. The molecule has 0 aromatic rings. The van der Waals surface area contributed by atoms with Crippen LogP contribution in [0.3, 0.4) is 0 Å². The molecule has 6 heteroatoms. The molecule has 0 heterocycles. The van der Waals surface area contributed by atoms with E-state index in [-0.39, 0.29) is 31.1 Å². The number of carbonyl (C=O) groups excluding carboxylic acids is 3. The lowest BCUT2D eigenvalue weighted by molar-refractivity contribution is -0.167. The van der Waals surface area contributed by atoms with Crippen LogP contribution in [-0.4, -0.2) is 37.2 Å². The molecule has 1 unspecified atom stereocenters. The van der Waals surface area contributed by atoms with Crippen molar-refractivity contribution in [1.29, 1.82) is 0 Å². The van der Waals surface area contributed by atoms with Crippen LogP contribution in [-0.2, 0) is 28.6 Å². The van der Waals surface area contributed by atoms with E-state index < -0.39 is 6.10 Å². The molecule has 0 amide bonds.